The summed E-state index contributed by atoms with van der Waals surface area (Å²) < 4.78 is 5.44. The lowest BCUT2D eigenvalue weighted by molar-refractivity contribution is -0.117. The van der Waals surface area contributed by atoms with Crippen LogP contribution in [-0.4, -0.2) is 74.1 Å². The molecule has 3 rings (SSSR count). The predicted octanol–water partition coefficient (Wildman–Crippen LogP) is 3.82. The number of rotatable bonds is 10. The van der Waals surface area contributed by atoms with Crippen molar-refractivity contribution >= 4 is 29.1 Å². The third-order valence-electron chi connectivity index (χ3n) is 5.91. The Hall–Kier alpha value is -1.63. The summed E-state index contributed by atoms with van der Waals surface area (Å²) in [6.07, 6.45) is 5.80. The molecule has 166 valence electrons. The third kappa shape index (κ3) is 6.19. The first-order chi connectivity index (χ1) is 14.6. The highest BCUT2D eigenvalue weighted by molar-refractivity contribution is 6.31. The normalized spacial score (nSPS) is 17.5. The molecule has 0 atom stereocenters. The van der Waals surface area contributed by atoms with Crippen LogP contribution in [0.2, 0.25) is 5.02 Å². The zero-order valence-corrected chi connectivity index (χ0v) is 18.8. The molecule has 0 N–H and O–H groups in total. The molecule has 2 aliphatic heterocycles. The molecule has 2 aliphatic rings. The number of hydrogen-bond acceptors (Lipinski definition) is 4. The Kier molecular flexibility index (Phi) is 8.97. The van der Waals surface area contributed by atoms with Gasteiger partial charge in [-0.3, -0.25) is 14.5 Å². The molecule has 0 aromatic heterocycles. The lowest BCUT2D eigenvalue weighted by Crippen LogP contribution is -2.43. The molecule has 0 aliphatic carbocycles. The van der Waals surface area contributed by atoms with Crippen LogP contribution < -0.4 is 4.90 Å². The second-order valence-corrected chi connectivity index (χ2v) is 8.55. The van der Waals surface area contributed by atoms with Gasteiger partial charge in [-0.1, -0.05) is 37.8 Å². The molecule has 2 fully saturated rings. The van der Waals surface area contributed by atoms with E-state index in [1.54, 1.807) is 23.1 Å². The fourth-order valence-electron chi connectivity index (χ4n) is 4.11. The van der Waals surface area contributed by atoms with E-state index in [1.165, 1.54) is 12.8 Å². The summed E-state index contributed by atoms with van der Waals surface area (Å²) >= 11 is 6.23. The molecule has 0 unspecified atom stereocenters. The Bertz CT molecular complexity index is 722. The fraction of sp³-hybridized carbons (Fsp3) is 0.652. The number of nitrogens with zero attached hydrogens (tertiary/aromatic N) is 3. The summed E-state index contributed by atoms with van der Waals surface area (Å²) in [5, 5.41) is 0.545. The summed E-state index contributed by atoms with van der Waals surface area (Å²) in [6, 6.07) is 5.28. The molecular formula is C23H34ClN3O3. The number of carbonyl (C=O) groups excluding carboxylic acids is 2. The number of halogens is 1. The van der Waals surface area contributed by atoms with Crippen molar-refractivity contribution in [2.45, 2.75) is 45.4 Å². The zero-order chi connectivity index (χ0) is 21.3. The van der Waals surface area contributed by atoms with Gasteiger partial charge < -0.3 is 14.5 Å². The Morgan fingerprint density at radius 2 is 1.93 bits per heavy atom. The molecular weight excluding hydrogens is 402 g/mol. The van der Waals surface area contributed by atoms with Crippen LogP contribution in [0, 0.1) is 0 Å². The molecule has 6 nitrogen and oxygen atoms in total. The van der Waals surface area contributed by atoms with E-state index in [4.69, 9.17) is 16.3 Å². The van der Waals surface area contributed by atoms with E-state index in [9.17, 15) is 9.59 Å². The number of hydrogen-bond donors (Lipinski definition) is 0. The fourth-order valence-corrected chi connectivity index (χ4v) is 4.28. The van der Waals surface area contributed by atoms with Crippen molar-refractivity contribution in [2.75, 3.05) is 57.4 Å². The maximum atomic E-state index is 13.6. The molecule has 0 radical (unpaired) electrons. The van der Waals surface area contributed by atoms with Crippen molar-refractivity contribution in [3.63, 3.8) is 0 Å². The van der Waals surface area contributed by atoms with Crippen molar-refractivity contribution in [3.05, 3.63) is 28.8 Å². The lowest BCUT2D eigenvalue weighted by atomic mass is 10.1. The van der Waals surface area contributed by atoms with Gasteiger partial charge in [0.1, 0.15) is 0 Å². The standard InChI is InChI=1S/C23H34ClN3O3/c1-2-3-4-5-10-26(13-12-25-14-16-30-17-15-25)23(29)20-9-8-19(24)18-21(20)27-11-6-7-22(27)28/h8-9,18H,2-7,10-17H2,1H3. The number of amides is 2. The number of anilines is 1. The second kappa shape index (κ2) is 11.7. The lowest BCUT2D eigenvalue weighted by Gasteiger charge is -2.31. The Balaban J connectivity index is 1.75. The van der Waals surface area contributed by atoms with Gasteiger partial charge in [-0.15, -0.1) is 0 Å². The number of ether oxygens (including phenoxy) is 1. The summed E-state index contributed by atoms with van der Waals surface area (Å²) in [4.78, 5) is 31.9. The van der Waals surface area contributed by atoms with Gasteiger partial charge in [0.05, 0.1) is 24.5 Å². The topological polar surface area (TPSA) is 53.1 Å². The van der Waals surface area contributed by atoms with Gasteiger partial charge >= 0.3 is 0 Å². The number of morpholine rings is 1. The minimum Gasteiger partial charge on any atom is -0.379 e. The van der Waals surface area contributed by atoms with Crippen LogP contribution in [0.25, 0.3) is 0 Å². The van der Waals surface area contributed by atoms with E-state index in [0.29, 0.717) is 35.8 Å². The molecule has 30 heavy (non-hydrogen) atoms. The van der Waals surface area contributed by atoms with Crippen molar-refractivity contribution in [2.24, 2.45) is 0 Å². The van der Waals surface area contributed by atoms with Crippen LogP contribution in [-0.2, 0) is 9.53 Å². The van der Waals surface area contributed by atoms with Gasteiger partial charge in [0, 0.05) is 50.7 Å². The first-order valence-electron chi connectivity index (χ1n) is 11.3. The van der Waals surface area contributed by atoms with E-state index in [1.807, 2.05) is 4.90 Å². The number of benzene rings is 1. The smallest absolute Gasteiger partial charge is 0.256 e. The highest BCUT2D eigenvalue weighted by atomic mass is 35.5. The molecule has 1 aromatic rings. The molecule has 7 heteroatoms. The van der Waals surface area contributed by atoms with Gasteiger partial charge in [-0.05, 0) is 31.0 Å². The Labute approximate surface area is 185 Å². The van der Waals surface area contributed by atoms with E-state index < -0.39 is 0 Å². The van der Waals surface area contributed by atoms with Crippen molar-refractivity contribution in [1.29, 1.82) is 0 Å². The van der Waals surface area contributed by atoms with Gasteiger partial charge in [0.2, 0.25) is 5.91 Å². The van der Waals surface area contributed by atoms with Gasteiger partial charge in [0.15, 0.2) is 0 Å². The summed E-state index contributed by atoms with van der Waals surface area (Å²) in [7, 11) is 0. The van der Waals surface area contributed by atoms with Crippen LogP contribution in [0.3, 0.4) is 0 Å². The van der Waals surface area contributed by atoms with Gasteiger partial charge in [0.25, 0.3) is 5.91 Å². The average molecular weight is 436 g/mol. The third-order valence-corrected chi connectivity index (χ3v) is 6.15. The predicted molar refractivity (Wildman–Crippen MR) is 120 cm³/mol. The molecule has 0 spiro atoms. The summed E-state index contributed by atoms with van der Waals surface area (Å²) in [6.45, 7) is 8.41. The van der Waals surface area contributed by atoms with E-state index in [2.05, 4.69) is 11.8 Å². The van der Waals surface area contributed by atoms with Crippen LogP contribution in [0.4, 0.5) is 5.69 Å². The quantitative estimate of drug-likeness (QED) is 0.524. The SMILES string of the molecule is CCCCCCN(CCN1CCOCC1)C(=O)c1ccc(Cl)cc1N1CCCC1=O. The van der Waals surface area contributed by atoms with Crippen LogP contribution in [0.15, 0.2) is 18.2 Å². The maximum absolute atomic E-state index is 13.6. The monoisotopic (exact) mass is 435 g/mol. The largest absolute Gasteiger partial charge is 0.379 e. The highest BCUT2D eigenvalue weighted by Gasteiger charge is 2.28. The maximum Gasteiger partial charge on any atom is 0.256 e. The van der Waals surface area contributed by atoms with Crippen molar-refractivity contribution in [1.82, 2.24) is 9.80 Å². The van der Waals surface area contributed by atoms with E-state index in [-0.39, 0.29) is 11.8 Å². The molecule has 2 saturated heterocycles. The van der Waals surface area contributed by atoms with Crippen LogP contribution in [0.5, 0.6) is 0 Å². The summed E-state index contributed by atoms with van der Waals surface area (Å²) in [5.74, 6) is 0.0558. The molecule has 2 heterocycles. The molecule has 2 amide bonds. The van der Waals surface area contributed by atoms with Crippen LogP contribution >= 0.6 is 11.6 Å². The van der Waals surface area contributed by atoms with Crippen molar-refractivity contribution < 1.29 is 14.3 Å². The first kappa shape index (κ1) is 23.0. The Morgan fingerprint density at radius 1 is 1.13 bits per heavy atom. The van der Waals surface area contributed by atoms with E-state index >= 15 is 0 Å². The average Bonchev–Trinajstić information content (AvgIpc) is 3.19. The minimum atomic E-state index is -0.00822. The highest BCUT2D eigenvalue weighted by Crippen LogP contribution is 2.29. The zero-order valence-electron chi connectivity index (χ0n) is 18.1. The van der Waals surface area contributed by atoms with E-state index in [0.717, 1.165) is 58.7 Å². The Morgan fingerprint density at radius 3 is 2.63 bits per heavy atom. The molecule has 0 bridgehead atoms. The van der Waals surface area contributed by atoms with Crippen LogP contribution in [0.1, 0.15) is 55.8 Å². The minimum absolute atomic E-state index is 0.00822. The molecule has 1 aromatic carbocycles. The second-order valence-electron chi connectivity index (χ2n) is 8.12. The first-order valence-corrected chi connectivity index (χ1v) is 11.7. The number of unbranched alkanes of at least 4 members (excludes halogenated alkanes) is 3. The van der Waals surface area contributed by atoms with Gasteiger partial charge in [-0.25, -0.2) is 0 Å². The van der Waals surface area contributed by atoms with Crippen molar-refractivity contribution in [3.8, 4) is 0 Å². The number of carbonyl (C=O) groups is 2. The summed E-state index contributed by atoms with van der Waals surface area (Å²) in [5.41, 5.74) is 1.23. The molecule has 0 saturated carbocycles. The van der Waals surface area contributed by atoms with Gasteiger partial charge in [-0.2, -0.15) is 0 Å².